The minimum absolute atomic E-state index is 0.159. The Morgan fingerprint density at radius 2 is 2.04 bits per heavy atom. The van der Waals surface area contributed by atoms with E-state index >= 15 is 0 Å². The smallest absolute Gasteiger partial charge is 0.316 e. The van der Waals surface area contributed by atoms with E-state index in [9.17, 15) is 4.79 Å². The number of hydrogen-bond donors (Lipinski definition) is 0. The maximum Gasteiger partial charge on any atom is 0.316 e. The second-order valence-corrected chi connectivity index (χ2v) is 5.70. The maximum absolute atomic E-state index is 11.2. The maximum atomic E-state index is 11.2. The molecule has 0 fully saturated rings. The van der Waals surface area contributed by atoms with E-state index in [4.69, 9.17) is 4.74 Å². The Hall–Kier alpha value is -2.61. The minimum Gasteiger partial charge on any atom is -0.494 e. The first kappa shape index (κ1) is 16.3. The van der Waals surface area contributed by atoms with Crippen molar-refractivity contribution in [1.82, 2.24) is 19.6 Å². The van der Waals surface area contributed by atoms with E-state index in [-0.39, 0.29) is 11.7 Å². The molecule has 0 unspecified atom stereocenters. The molecule has 1 aromatic carbocycles. The number of nitrogens with zero attached hydrogens (tertiary/aromatic N) is 4. The topological polar surface area (TPSA) is 78.6 Å². The van der Waals surface area contributed by atoms with Crippen molar-refractivity contribution in [1.29, 1.82) is 0 Å². The van der Waals surface area contributed by atoms with Crippen LogP contribution in [0.5, 0.6) is 5.75 Å². The molecule has 0 radical (unpaired) electrons. The van der Waals surface area contributed by atoms with Gasteiger partial charge >= 0.3 is 5.97 Å². The summed E-state index contributed by atoms with van der Waals surface area (Å²) in [6.45, 7) is 2.58. The molecule has 0 aliphatic heterocycles. The Kier molecular flexibility index (Phi) is 4.95. The minimum atomic E-state index is -0.321. The molecular weight excluding hydrogens is 328 g/mol. The van der Waals surface area contributed by atoms with Gasteiger partial charge in [0.2, 0.25) is 5.16 Å². The Morgan fingerprint density at radius 1 is 1.25 bits per heavy atom. The molecule has 0 aliphatic rings. The van der Waals surface area contributed by atoms with Gasteiger partial charge in [-0.25, -0.2) is 4.98 Å². The number of thioether (sulfide) groups is 1. The number of hydrogen-bond acceptors (Lipinski definition) is 7. The van der Waals surface area contributed by atoms with Gasteiger partial charge < -0.3 is 9.47 Å². The van der Waals surface area contributed by atoms with E-state index in [2.05, 4.69) is 19.8 Å². The van der Waals surface area contributed by atoms with Crippen LogP contribution < -0.4 is 4.74 Å². The van der Waals surface area contributed by atoms with E-state index < -0.39 is 0 Å². The van der Waals surface area contributed by atoms with Crippen LogP contribution in [0.15, 0.2) is 41.7 Å². The van der Waals surface area contributed by atoms with E-state index in [1.165, 1.54) is 18.9 Å². The summed E-state index contributed by atoms with van der Waals surface area (Å²) in [6.07, 6.45) is 1.69. The summed E-state index contributed by atoms with van der Waals surface area (Å²) in [5.41, 5.74) is 1.83. The third kappa shape index (κ3) is 3.48. The molecule has 2 heterocycles. The molecule has 8 heteroatoms. The van der Waals surface area contributed by atoms with Crippen LogP contribution in [0.25, 0.3) is 17.0 Å². The largest absolute Gasteiger partial charge is 0.494 e. The van der Waals surface area contributed by atoms with Crippen molar-refractivity contribution in [3.63, 3.8) is 0 Å². The van der Waals surface area contributed by atoms with Crippen molar-refractivity contribution in [2.75, 3.05) is 19.5 Å². The van der Waals surface area contributed by atoms with Gasteiger partial charge in [0, 0.05) is 11.8 Å². The zero-order valence-electron chi connectivity index (χ0n) is 13.3. The van der Waals surface area contributed by atoms with Crippen LogP contribution in [-0.4, -0.2) is 45.0 Å². The molecule has 0 saturated carbocycles. The molecule has 3 aromatic rings. The van der Waals surface area contributed by atoms with E-state index in [0.29, 0.717) is 17.5 Å². The second-order valence-electron chi connectivity index (χ2n) is 4.76. The molecule has 7 nitrogen and oxygen atoms in total. The van der Waals surface area contributed by atoms with Crippen molar-refractivity contribution < 1.29 is 14.3 Å². The summed E-state index contributed by atoms with van der Waals surface area (Å²) in [6, 6.07) is 9.61. The van der Waals surface area contributed by atoms with Crippen molar-refractivity contribution in [3.8, 4) is 17.0 Å². The molecule has 24 heavy (non-hydrogen) atoms. The van der Waals surface area contributed by atoms with Gasteiger partial charge in [0.1, 0.15) is 5.75 Å². The highest BCUT2D eigenvalue weighted by Crippen LogP contribution is 2.23. The van der Waals surface area contributed by atoms with Crippen molar-refractivity contribution in [2.24, 2.45) is 0 Å². The van der Waals surface area contributed by atoms with Gasteiger partial charge in [-0.1, -0.05) is 11.8 Å². The van der Waals surface area contributed by atoms with Crippen LogP contribution in [0.4, 0.5) is 0 Å². The lowest BCUT2D eigenvalue weighted by molar-refractivity contribution is -0.137. The quantitative estimate of drug-likeness (QED) is 0.502. The highest BCUT2D eigenvalue weighted by atomic mass is 32.2. The lowest BCUT2D eigenvalue weighted by Crippen LogP contribution is -2.03. The van der Waals surface area contributed by atoms with Gasteiger partial charge in [0.15, 0.2) is 0 Å². The van der Waals surface area contributed by atoms with Crippen LogP contribution in [-0.2, 0) is 9.53 Å². The van der Waals surface area contributed by atoms with Gasteiger partial charge in [-0.2, -0.15) is 9.50 Å². The summed E-state index contributed by atoms with van der Waals surface area (Å²) in [4.78, 5) is 19.8. The monoisotopic (exact) mass is 344 g/mol. The molecule has 0 saturated heterocycles. The SMILES string of the molecule is CCOc1ccc(-c2ccnc3nc(SCC(=O)OC)nn23)cc1. The van der Waals surface area contributed by atoms with Gasteiger partial charge in [-0.3, -0.25) is 4.79 Å². The Morgan fingerprint density at radius 3 is 2.75 bits per heavy atom. The van der Waals surface area contributed by atoms with Crippen molar-refractivity contribution in [3.05, 3.63) is 36.5 Å². The Labute approximate surface area is 143 Å². The molecule has 0 amide bonds. The van der Waals surface area contributed by atoms with Crippen LogP contribution in [0.3, 0.4) is 0 Å². The number of carbonyl (C=O) groups excluding carboxylic acids is 1. The zero-order chi connectivity index (χ0) is 16.9. The fourth-order valence-corrected chi connectivity index (χ4v) is 2.78. The van der Waals surface area contributed by atoms with Crippen molar-refractivity contribution >= 4 is 23.5 Å². The first-order valence-corrected chi connectivity index (χ1v) is 8.34. The average molecular weight is 344 g/mol. The van der Waals surface area contributed by atoms with Crippen LogP contribution in [0, 0.1) is 0 Å². The Balaban J connectivity index is 1.90. The fraction of sp³-hybridized carbons (Fsp3) is 0.250. The second kappa shape index (κ2) is 7.31. The van der Waals surface area contributed by atoms with Gasteiger partial charge in [-0.15, -0.1) is 5.10 Å². The van der Waals surface area contributed by atoms with E-state index in [1.807, 2.05) is 37.3 Å². The zero-order valence-corrected chi connectivity index (χ0v) is 14.1. The molecule has 3 rings (SSSR count). The molecule has 0 bridgehead atoms. The lowest BCUT2D eigenvalue weighted by Gasteiger charge is -2.06. The molecular formula is C16H16N4O3S. The molecule has 0 atom stereocenters. The highest BCUT2D eigenvalue weighted by molar-refractivity contribution is 7.99. The predicted octanol–water partition coefficient (Wildman–Crippen LogP) is 2.46. The fourth-order valence-electron chi connectivity index (χ4n) is 2.13. The number of esters is 1. The molecule has 124 valence electrons. The third-order valence-corrected chi connectivity index (χ3v) is 4.04. The summed E-state index contributed by atoms with van der Waals surface area (Å²) < 4.78 is 11.7. The number of fused-ring (bicyclic) bond motifs is 1. The van der Waals surface area contributed by atoms with Crippen molar-refractivity contribution in [2.45, 2.75) is 12.1 Å². The summed E-state index contributed by atoms with van der Waals surface area (Å²) in [7, 11) is 1.35. The lowest BCUT2D eigenvalue weighted by atomic mass is 10.1. The summed E-state index contributed by atoms with van der Waals surface area (Å²) >= 11 is 1.21. The highest BCUT2D eigenvalue weighted by Gasteiger charge is 2.12. The van der Waals surface area contributed by atoms with Crippen LogP contribution >= 0.6 is 11.8 Å². The first-order valence-electron chi connectivity index (χ1n) is 7.36. The van der Waals surface area contributed by atoms with Gasteiger partial charge in [0.25, 0.3) is 5.78 Å². The first-order chi connectivity index (χ1) is 11.7. The number of benzene rings is 1. The molecule has 0 aliphatic carbocycles. The number of carbonyl (C=O) groups is 1. The average Bonchev–Trinajstić information content (AvgIpc) is 3.03. The molecule has 0 spiro atoms. The third-order valence-electron chi connectivity index (χ3n) is 3.23. The van der Waals surface area contributed by atoms with Crippen LogP contribution in [0.2, 0.25) is 0 Å². The number of ether oxygens (including phenoxy) is 2. The number of methoxy groups -OCH3 is 1. The van der Waals surface area contributed by atoms with Crippen LogP contribution in [0.1, 0.15) is 6.92 Å². The summed E-state index contributed by atoms with van der Waals surface area (Å²) in [5.74, 6) is 1.14. The molecule has 0 N–H and O–H groups in total. The molecule has 2 aromatic heterocycles. The van der Waals surface area contributed by atoms with Gasteiger partial charge in [-0.05, 0) is 37.3 Å². The summed E-state index contributed by atoms with van der Waals surface area (Å²) in [5, 5.41) is 4.90. The number of rotatable bonds is 6. The van der Waals surface area contributed by atoms with E-state index in [0.717, 1.165) is 17.0 Å². The predicted molar refractivity (Wildman–Crippen MR) is 90.1 cm³/mol. The number of aromatic nitrogens is 4. The Bertz CT molecular complexity index is 848. The van der Waals surface area contributed by atoms with E-state index in [1.54, 1.807) is 10.7 Å². The standard InChI is InChI=1S/C16H16N4O3S/c1-3-23-12-6-4-11(5-7-12)13-8-9-17-15-18-16(19-20(13)15)24-10-14(21)22-2/h4-9H,3,10H2,1-2H3. The van der Waals surface area contributed by atoms with Gasteiger partial charge in [0.05, 0.1) is 25.2 Å². The normalized spacial score (nSPS) is 10.8.